The number of carbonyl (C=O) groups excluding carboxylic acids is 14. The Morgan fingerprint density at radius 3 is 0.875 bits per heavy atom. The molecule has 28 nitrogen and oxygen atoms in total. The first kappa shape index (κ1) is 58.9. The minimum Gasteiger partial charge on any atom is -0.469 e. The van der Waals surface area contributed by atoms with E-state index in [1.807, 2.05) is 0 Å². The van der Waals surface area contributed by atoms with Crippen LogP contribution in [0.1, 0.15) is 77.0 Å². The van der Waals surface area contributed by atoms with Crippen molar-refractivity contribution in [2.24, 2.45) is 22.7 Å². The molecular formula is C44H62N6O22. The van der Waals surface area contributed by atoms with Crippen molar-refractivity contribution < 1.29 is 105 Å². The minimum absolute atomic E-state index is 0.178. The van der Waals surface area contributed by atoms with E-state index in [2.05, 4.69) is 60.3 Å². The number of hydrogen-bond donors (Lipinski definition) is 6. The molecule has 0 unspecified atom stereocenters. The fourth-order valence-corrected chi connectivity index (χ4v) is 9.60. The Balaban J connectivity index is 2.03. The zero-order valence-electron chi connectivity index (χ0n) is 41.1. The molecule has 6 N–H and O–H groups in total. The molecule has 4 saturated carbocycles. The van der Waals surface area contributed by atoms with Crippen molar-refractivity contribution in [3.8, 4) is 0 Å². The topological polar surface area (TPSA) is 385 Å². The van der Waals surface area contributed by atoms with Gasteiger partial charge in [-0.05, 0) is 50.4 Å². The lowest BCUT2D eigenvalue weighted by Crippen LogP contribution is -2.64. The Hall–Kier alpha value is -7.42. The number of nitrogens with one attached hydrogen (secondary N) is 6. The van der Waals surface area contributed by atoms with Crippen LogP contribution in [0.4, 0.5) is 0 Å². The quantitative estimate of drug-likeness (QED) is 0.0357. The summed E-state index contributed by atoms with van der Waals surface area (Å²) in [6.07, 6.45) is -3.62. The van der Waals surface area contributed by atoms with E-state index in [0.29, 0.717) is 6.42 Å². The largest absolute Gasteiger partial charge is 0.469 e. The van der Waals surface area contributed by atoms with Crippen LogP contribution in [-0.2, 0) is 105 Å². The lowest BCUT2D eigenvalue weighted by atomic mass is 9.43. The highest BCUT2D eigenvalue weighted by molar-refractivity contribution is 5.99. The Morgan fingerprint density at radius 2 is 0.625 bits per heavy atom. The predicted molar refractivity (Wildman–Crippen MR) is 235 cm³/mol. The van der Waals surface area contributed by atoms with E-state index in [1.54, 1.807) is 0 Å². The standard InChI is InChI=1S/C44H62N6O22/c1-65-31(53)12-25(37(59)69-5)45-29(51)10-23(35(57)47-27(39(61)71-7)14-33(55)67-3)49-41(63)43-16-21-9-22(17-43)19-44(18-21,20-43)42(64)50-24(36(58)48-28(40(62)72-8)15-34(56)68-4)11-30(52)46-26(38(60)70-6)13-32(54)66-2/h21-28H,9-20H2,1-8H3,(H,45,51)(H,46,52)(H,47,57)(H,48,58)(H,49,63)(H,50,64)/t21?,22?,23-,24-,25-,26-,27-,28-,43?,44?/m0/s1. The summed E-state index contributed by atoms with van der Waals surface area (Å²) in [6.45, 7) is 0. The van der Waals surface area contributed by atoms with Gasteiger partial charge in [0.25, 0.3) is 0 Å². The molecule has 0 heterocycles. The summed E-state index contributed by atoms with van der Waals surface area (Å²) in [5.74, 6) is -14.8. The smallest absolute Gasteiger partial charge is 0.328 e. The van der Waals surface area contributed by atoms with Gasteiger partial charge in [-0.1, -0.05) is 0 Å². The molecule has 28 heteroatoms. The van der Waals surface area contributed by atoms with Crippen LogP contribution in [-0.4, -0.2) is 176 Å². The van der Waals surface area contributed by atoms with Gasteiger partial charge in [0.15, 0.2) is 0 Å². The first-order chi connectivity index (χ1) is 34.0. The van der Waals surface area contributed by atoms with Crippen molar-refractivity contribution >= 4 is 83.2 Å². The lowest BCUT2D eigenvalue weighted by Gasteiger charge is -2.60. The van der Waals surface area contributed by atoms with Crippen LogP contribution in [0.25, 0.3) is 0 Å². The summed E-state index contributed by atoms with van der Waals surface area (Å²) in [7, 11) is 8.02. The highest BCUT2D eigenvalue weighted by Crippen LogP contribution is 2.65. The first-order valence-corrected chi connectivity index (χ1v) is 22.4. The molecule has 6 atom stereocenters. The van der Waals surface area contributed by atoms with E-state index in [-0.39, 0.29) is 43.9 Å². The Labute approximate surface area is 412 Å². The van der Waals surface area contributed by atoms with Gasteiger partial charge in [0.05, 0.1) is 106 Å². The van der Waals surface area contributed by atoms with Crippen LogP contribution in [0, 0.1) is 22.7 Å². The second-order valence-corrected chi connectivity index (χ2v) is 17.6. The maximum atomic E-state index is 14.8. The van der Waals surface area contributed by atoms with Gasteiger partial charge < -0.3 is 69.8 Å². The molecule has 0 saturated heterocycles. The number of carbonyl (C=O) groups is 14. The summed E-state index contributed by atoms with van der Waals surface area (Å²) < 4.78 is 37.2. The molecule has 400 valence electrons. The number of hydrogen-bond acceptors (Lipinski definition) is 22. The van der Waals surface area contributed by atoms with Gasteiger partial charge in [-0.2, -0.15) is 0 Å². The number of ether oxygens (including phenoxy) is 8. The normalized spacial score (nSPS) is 21.6. The second kappa shape index (κ2) is 26.7. The predicted octanol–water partition coefficient (Wildman–Crippen LogP) is -3.79. The average molecular weight is 1030 g/mol. The number of rotatable bonds is 26. The maximum Gasteiger partial charge on any atom is 0.328 e. The summed E-state index contributed by atoms with van der Waals surface area (Å²) in [6, 6.07) is -10.3. The highest BCUT2D eigenvalue weighted by Gasteiger charge is 2.63. The molecule has 72 heavy (non-hydrogen) atoms. The third-order valence-electron chi connectivity index (χ3n) is 12.7. The van der Waals surface area contributed by atoms with Crippen LogP contribution in [0.5, 0.6) is 0 Å². The Bertz CT molecular complexity index is 1970. The van der Waals surface area contributed by atoms with Crippen LogP contribution in [0.2, 0.25) is 0 Å². The van der Waals surface area contributed by atoms with E-state index in [9.17, 15) is 67.1 Å². The van der Waals surface area contributed by atoms with E-state index in [0.717, 1.165) is 56.9 Å². The van der Waals surface area contributed by atoms with Crippen molar-refractivity contribution in [1.29, 1.82) is 0 Å². The number of methoxy groups -OCH3 is 8. The van der Waals surface area contributed by atoms with Crippen molar-refractivity contribution in [2.75, 3.05) is 56.9 Å². The molecule has 0 aromatic rings. The second-order valence-electron chi connectivity index (χ2n) is 17.6. The van der Waals surface area contributed by atoms with Crippen LogP contribution in [0.15, 0.2) is 0 Å². The molecular weight excluding hydrogens is 965 g/mol. The molecule has 0 aromatic heterocycles. The summed E-state index contributed by atoms with van der Waals surface area (Å²) in [5.41, 5.74) is -2.87. The van der Waals surface area contributed by atoms with Gasteiger partial charge >= 0.3 is 47.8 Å². The van der Waals surface area contributed by atoms with E-state index in [1.165, 1.54) is 0 Å². The molecule has 4 fully saturated rings. The molecule has 4 aliphatic rings. The van der Waals surface area contributed by atoms with Gasteiger partial charge in [0.2, 0.25) is 35.4 Å². The first-order valence-electron chi connectivity index (χ1n) is 22.4. The molecule has 6 amide bonds. The third kappa shape index (κ3) is 15.8. The SMILES string of the molecule is COC(=O)C[C@H](NC(=O)C[C@H](NC(=O)C12CC3CC(C1)CC(C(=O)N[C@@H](CC(=O)N[C@@H](CC(=O)OC)C(=O)OC)C(=O)N[C@@H](CC(=O)OC)C(=O)OC)(C3)C2)C(=O)N[C@@H](CC(=O)OC)C(=O)OC)C(=O)OC. The van der Waals surface area contributed by atoms with E-state index in [4.69, 9.17) is 9.47 Å². The average Bonchev–Trinajstić information content (AvgIpc) is 3.35. The molecule has 0 aliphatic heterocycles. The summed E-state index contributed by atoms with van der Waals surface area (Å²) in [5, 5.41) is 14.2. The molecule has 0 radical (unpaired) electrons. The minimum atomic E-state index is -1.86. The fourth-order valence-electron chi connectivity index (χ4n) is 9.60. The van der Waals surface area contributed by atoms with Crippen molar-refractivity contribution in [1.82, 2.24) is 31.9 Å². The van der Waals surface area contributed by atoms with Gasteiger partial charge in [-0.25, -0.2) is 19.2 Å². The molecule has 4 rings (SSSR count). The zero-order chi connectivity index (χ0) is 54.1. The van der Waals surface area contributed by atoms with Crippen LogP contribution >= 0.6 is 0 Å². The molecule has 0 aromatic carbocycles. The Morgan fingerprint density at radius 1 is 0.361 bits per heavy atom. The van der Waals surface area contributed by atoms with Crippen molar-refractivity contribution in [3.63, 3.8) is 0 Å². The van der Waals surface area contributed by atoms with E-state index < -0.39 is 169 Å². The maximum absolute atomic E-state index is 14.8. The molecule has 4 aliphatic carbocycles. The monoisotopic (exact) mass is 1030 g/mol. The highest BCUT2D eigenvalue weighted by atomic mass is 16.6. The van der Waals surface area contributed by atoms with Crippen LogP contribution < -0.4 is 31.9 Å². The van der Waals surface area contributed by atoms with Crippen molar-refractivity contribution in [3.05, 3.63) is 0 Å². The summed E-state index contributed by atoms with van der Waals surface area (Å²) >= 11 is 0. The van der Waals surface area contributed by atoms with E-state index >= 15 is 0 Å². The van der Waals surface area contributed by atoms with Gasteiger partial charge in [-0.15, -0.1) is 0 Å². The lowest BCUT2D eigenvalue weighted by molar-refractivity contribution is -0.169. The Kier molecular flexibility index (Phi) is 21.8. The van der Waals surface area contributed by atoms with Crippen LogP contribution in [0.3, 0.4) is 0 Å². The molecule has 0 spiro atoms. The molecule has 4 bridgehead atoms. The van der Waals surface area contributed by atoms with Crippen molar-refractivity contribution in [2.45, 2.75) is 113 Å². The number of amides is 6. The third-order valence-corrected chi connectivity index (χ3v) is 12.7. The fraction of sp³-hybridized carbons (Fsp3) is 0.682. The van der Waals surface area contributed by atoms with Gasteiger partial charge in [-0.3, -0.25) is 47.9 Å². The summed E-state index contributed by atoms with van der Waals surface area (Å²) in [4.78, 5) is 184. The number of esters is 8. The van der Waals surface area contributed by atoms with Gasteiger partial charge in [0, 0.05) is 0 Å². The van der Waals surface area contributed by atoms with Gasteiger partial charge in [0.1, 0.15) is 36.3 Å². The zero-order valence-corrected chi connectivity index (χ0v) is 41.1.